The van der Waals surface area contributed by atoms with Gasteiger partial charge in [-0.2, -0.15) is 0 Å². The first-order chi connectivity index (χ1) is 5.86. The van der Waals surface area contributed by atoms with Crippen molar-refractivity contribution < 1.29 is 4.79 Å². The lowest BCUT2D eigenvalue weighted by atomic mass is 10.0. The predicted molar refractivity (Wildman–Crippen MR) is 55.3 cm³/mol. The number of amides is 1. The lowest BCUT2D eigenvalue weighted by Crippen LogP contribution is -2.48. The van der Waals surface area contributed by atoms with E-state index in [9.17, 15) is 4.79 Å². The molecule has 0 spiro atoms. The molecule has 0 bridgehead atoms. The van der Waals surface area contributed by atoms with E-state index in [2.05, 4.69) is 19.2 Å². The Bertz CT molecular complexity index is 166. The van der Waals surface area contributed by atoms with E-state index in [1.54, 1.807) is 0 Å². The highest BCUT2D eigenvalue weighted by Gasteiger charge is 2.19. The maximum absolute atomic E-state index is 11.5. The number of rotatable bonds is 4. The van der Waals surface area contributed by atoms with Crippen molar-refractivity contribution in [2.75, 3.05) is 0 Å². The Morgan fingerprint density at radius 2 is 1.54 bits per heavy atom. The molecule has 0 aromatic carbocycles. The standard InChI is InChI=1S/C10H22N2O/c1-6(2)8(5)12-10(13)9(11)7(3)4/h6-9H,11H2,1-5H3,(H,12,13)/t8?,9-/m0/s1. The Hall–Kier alpha value is -0.570. The molecule has 78 valence electrons. The average molecular weight is 186 g/mol. The molecular weight excluding hydrogens is 164 g/mol. The molecule has 3 heteroatoms. The van der Waals surface area contributed by atoms with E-state index in [1.807, 2.05) is 20.8 Å². The molecule has 0 rings (SSSR count). The third kappa shape index (κ3) is 4.27. The topological polar surface area (TPSA) is 55.1 Å². The van der Waals surface area contributed by atoms with Crippen molar-refractivity contribution in [1.29, 1.82) is 0 Å². The summed E-state index contributed by atoms with van der Waals surface area (Å²) in [7, 11) is 0. The van der Waals surface area contributed by atoms with Crippen LogP contribution in [0.4, 0.5) is 0 Å². The first-order valence-corrected chi connectivity index (χ1v) is 4.92. The van der Waals surface area contributed by atoms with Crippen LogP contribution in [0.3, 0.4) is 0 Å². The SMILES string of the molecule is CC(C)C(C)NC(=O)[C@@H](N)C(C)C. The summed E-state index contributed by atoms with van der Waals surface area (Å²) in [6.07, 6.45) is 0. The Morgan fingerprint density at radius 1 is 1.08 bits per heavy atom. The van der Waals surface area contributed by atoms with E-state index >= 15 is 0 Å². The molecule has 0 aromatic heterocycles. The minimum Gasteiger partial charge on any atom is -0.352 e. The molecule has 2 atom stereocenters. The van der Waals surface area contributed by atoms with Crippen molar-refractivity contribution >= 4 is 5.91 Å². The summed E-state index contributed by atoms with van der Waals surface area (Å²) in [5, 5.41) is 2.90. The van der Waals surface area contributed by atoms with Crippen LogP contribution < -0.4 is 11.1 Å². The van der Waals surface area contributed by atoms with E-state index in [0.717, 1.165) is 0 Å². The fraction of sp³-hybridized carbons (Fsp3) is 0.900. The normalized spacial score (nSPS) is 16.0. The van der Waals surface area contributed by atoms with Crippen LogP contribution in [0.15, 0.2) is 0 Å². The zero-order valence-corrected chi connectivity index (χ0v) is 9.29. The number of carbonyl (C=O) groups is 1. The second kappa shape index (κ2) is 5.22. The Kier molecular flexibility index (Phi) is 4.99. The fourth-order valence-electron chi connectivity index (χ4n) is 0.790. The first-order valence-electron chi connectivity index (χ1n) is 4.92. The number of hydrogen-bond acceptors (Lipinski definition) is 2. The van der Waals surface area contributed by atoms with Gasteiger partial charge in [0.05, 0.1) is 6.04 Å². The van der Waals surface area contributed by atoms with Gasteiger partial charge < -0.3 is 11.1 Å². The Labute approximate surface area is 81.1 Å². The highest BCUT2D eigenvalue weighted by atomic mass is 16.2. The van der Waals surface area contributed by atoms with Crippen molar-refractivity contribution in [2.24, 2.45) is 17.6 Å². The summed E-state index contributed by atoms with van der Waals surface area (Å²) in [6.45, 7) is 10.0. The van der Waals surface area contributed by atoms with E-state index in [1.165, 1.54) is 0 Å². The van der Waals surface area contributed by atoms with E-state index in [4.69, 9.17) is 5.73 Å². The largest absolute Gasteiger partial charge is 0.352 e. The molecule has 0 aliphatic carbocycles. The maximum atomic E-state index is 11.5. The minimum absolute atomic E-state index is 0.0452. The third-order valence-electron chi connectivity index (χ3n) is 2.39. The monoisotopic (exact) mass is 186 g/mol. The van der Waals surface area contributed by atoms with Gasteiger partial charge >= 0.3 is 0 Å². The maximum Gasteiger partial charge on any atom is 0.237 e. The van der Waals surface area contributed by atoms with Gasteiger partial charge in [-0.15, -0.1) is 0 Å². The summed E-state index contributed by atoms with van der Waals surface area (Å²) in [6, 6.07) is -0.196. The van der Waals surface area contributed by atoms with Crippen LogP contribution in [-0.4, -0.2) is 18.0 Å². The molecule has 0 saturated heterocycles. The van der Waals surface area contributed by atoms with Gasteiger partial charge in [-0.1, -0.05) is 27.7 Å². The first kappa shape index (κ1) is 12.4. The van der Waals surface area contributed by atoms with Gasteiger partial charge in [0, 0.05) is 6.04 Å². The van der Waals surface area contributed by atoms with Crippen LogP contribution in [0, 0.1) is 11.8 Å². The summed E-state index contributed by atoms with van der Waals surface area (Å²) in [4.78, 5) is 11.5. The van der Waals surface area contributed by atoms with Gasteiger partial charge in [-0.05, 0) is 18.8 Å². The van der Waals surface area contributed by atoms with Crippen LogP contribution in [-0.2, 0) is 4.79 Å². The van der Waals surface area contributed by atoms with Gasteiger partial charge in [0.1, 0.15) is 0 Å². The third-order valence-corrected chi connectivity index (χ3v) is 2.39. The lowest BCUT2D eigenvalue weighted by Gasteiger charge is -2.21. The van der Waals surface area contributed by atoms with Crippen LogP contribution >= 0.6 is 0 Å². The molecule has 0 aliphatic heterocycles. The zero-order valence-electron chi connectivity index (χ0n) is 9.29. The van der Waals surface area contributed by atoms with Crippen LogP contribution in [0.5, 0.6) is 0 Å². The molecule has 1 amide bonds. The zero-order chi connectivity index (χ0) is 10.6. The molecule has 1 unspecified atom stereocenters. The Balaban J connectivity index is 4.00. The minimum atomic E-state index is -0.388. The highest BCUT2D eigenvalue weighted by molar-refractivity contribution is 5.81. The molecule has 3 N–H and O–H groups in total. The molecule has 0 aromatic rings. The molecule has 13 heavy (non-hydrogen) atoms. The van der Waals surface area contributed by atoms with Crippen molar-refractivity contribution in [1.82, 2.24) is 5.32 Å². The van der Waals surface area contributed by atoms with Gasteiger partial charge in [-0.3, -0.25) is 4.79 Å². The van der Waals surface area contributed by atoms with E-state index in [-0.39, 0.29) is 23.9 Å². The summed E-state index contributed by atoms with van der Waals surface area (Å²) >= 11 is 0. The molecule has 0 saturated carbocycles. The van der Waals surface area contributed by atoms with Crippen LogP contribution in [0.25, 0.3) is 0 Å². The van der Waals surface area contributed by atoms with Gasteiger partial charge in [-0.25, -0.2) is 0 Å². The number of carbonyl (C=O) groups excluding carboxylic acids is 1. The molecule has 3 nitrogen and oxygen atoms in total. The smallest absolute Gasteiger partial charge is 0.237 e. The second-order valence-corrected chi connectivity index (χ2v) is 4.31. The Morgan fingerprint density at radius 3 is 1.85 bits per heavy atom. The molecule has 0 radical (unpaired) electrons. The number of hydrogen-bond donors (Lipinski definition) is 2. The van der Waals surface area contributed by atoms with Crippen molar-refractivity contribution in [2.45, 2.75) is 46.7 Å². The number of nitrogens with one attached hydrogen (secondary N) is 1. The number of nitrogens with two attached hydrogens (primary N) is 1. The van der Waals surface area contributed by atoms with E-state index < -0.39 is 0 Å². The van der Waals surface area contributed by atoms with Crippen LogP contribution in [0.2, 0.25) is 0 Å². The summed E-state index contributed by atoms with van der Waals surface area (Å²) < 4.78 is 0. The van der Waals surface area contributed by atoms with E-state index in [0.29, 0.717) is 5.92 Å². The molecule has 0 aliphatic rings. The van der Waals surface area contributed by atoms with Gasteiger partial charge in [0.15, 0.2) is 0 Å². The molecular formula is C10H22N2O. The molecule has 0 heterocycles. The summed E-state index contributed by atoms with van der Waals surface area (Å²) in [5.74, 6) is 0.596. The fourth-order valence-corrected chi connectivity index (χ4v) is 0.790. The molecule has 0 fully saturated rings. The van der Waals surface area contributed by atoms with Gasteiger partial charge in [0.25, 0.3) is 0 Å². The predicted octanol–water partition coefficient (Wildman–Crippen LogP) is 1.13. The van der Waals surface area contributed by atoms with Crippen molar-refractivity contribution in [3.05, 3.63) is 0 Å². The van der Waals surface area contributed by atoms with Crippen LogP contribution in [0.1, 0.15) is 34.6 Å². The lowest BCUT2D eigenvalue weighted by molar-refractivity contribution is -0.124. The average Bonchev–Trinajstić information content (AvgIpc) is 2.02. The van der Waals surface area contributed by atoms with Gasteiger partial charge in [0.2, 0.25) is 5.91 Å². The van der Waals surface area contributed by atoms with Crippen molar-refractivity contribution in [3.8, 4) is 0 Å². The quantitative estimate of drug-likeness (QED) is 0.691. The highest BCUT2D eigenvalue weighted by Crippen LogP contribution is 2.02. The van der Waals surface area contributed by atoms with Crippen molar-refractivity contribution in [3.63, 3.8) is 0 Å². The second-order valence-electron chi connectivity index (χ2n) is 4.31. The summed E-state index contributed by atoms with van der Waals surface area (Å²) in [5.41, 5.74) is 5.70.